The summed E-state index contributed by atoms with van der Waals surface area (Å²) in [5.74, 6) is 0. The van der Waals surface area contributed by atoms with Crippen molar-refractivity contribution >= 4 is 32.3 Å². The lowest BCUT2D eigenvalue weighted by Gasteiger charge is -2.22. The smallest absolute Gasteiger partial charge is 0.00198 e. The Morgan fingerprint density at radius 1 is 0.350 bits per heavy atom. The highest BCUT2D eigenvalue weighted by Crippen LogP contribution is 2.47. The summed E-state index contributed by atoms with van der Waals surface area (Å²) in [4.78, 5) is 0. The summed E-state index contributed by atoms with van der Waals surface area (Å²) in [5, 5.41) is 7.73. The zero-order valence-corrected chi connectivity index (χ0v) is 23.5. The van der Waals surface area contributed by atoms with Crippen molar-refractivity contribution < 1.29 is 0 Å². The SMILES string of the molecule is Cc1cc(C)cc(-c2c3ccccc3c(-c3cc4ccccc4cc3-c3ccccc3)c3cc(C)c(C)cc23)c1. The van der Waals surface area contributed by atoms with E-state index in [1.54, 1.807) is 0 Å². The summed E-state index contributed by atoms with van der Waals surface area (Å²) >= 11 is 0. The van der Waals surface area contributed by atoms with Crippen LogP contribution in [0.5, 0.6) is 0 Å². The fourth-order valence-corrected chi connectivity index (χ4v) is 6.46. The van der Waals surface area contributed by atoms with Crippen molar-refractivity contribution in [3.8, 4) is 33.4 Å². The van der Waals surface area contributed by atoms with Crippen LogP contribution in [0.2, 0.25) is 0 Å². The summed E-state index contributed by atoms with van der Waals surface area (Å²) in [7, 11) is 0. The third kappa shape index (κ3) is 4.00. The summed E-state index contributed by atoms with van der Waals surface area (Å²) < 4.78 is 0. The van der Waals surface area contributed by atoms with Crippen molar-refractivity contribution in [2.45, 2.75) is 27.7 Å². The maximum absolute atomic E-state index is 2.42. The van der Waals surface area contributed by atoms with Crippen LogP contribution < -0.4 is 0 Å². The Hall–Kier alpha value is -4.68. The van der Waals surface area contributed by atoms with Crippen LogP contribution in [0.1, 0.15) is 22.3 Å². The molecule has 7 aromatic carbocycles. The lowest BCUT2D eigenvalue weighted by Crippen LogP contribution is -1.95. The molecule has 0 saturated heterocycles. The molecule has 0 heterocycles. The summed E-state index contributed by atoms with van der Waals surface area (Å²) in [6.07, 6.45) is 0. The Morgan fingerprint density at radius 2 is 0.850 bits per heavy atom. The first-order valence-corrected chi connectivity index (χ1v) is 14.1. The molecule has 0 aliphatic carbocycles. The second-order valence-corrected chi connectivity index (χ2v) is 11.3. The van der Waals surface area contributed by atoms with Gasteiger partial charge in [-0.2, -0.15) is 0 Å². The van der Waals surface area contributed by atoms with E-state index in [-0.39, 0.29) is 0 Å². The minimum absolute atomic E-state index is 1.24. The average molecular weight is 513 g/mol. The largest absolute Gasteiger partial charge is 0.0622 e. The molecule has 0 spiro atoms. The highest BCUT2D eigenvalue weighted by atomic mass is 14.2. The van der Waals surface area contributed by atoms with Gasteiger partial charge in [0.2, 0.25) is 0 Å². The van der Waals surface area contributed by atoms with Gasteiger partial charge in [-0.15, -0.1) is 0 Å². The molecule has 0 N–H and O–H groups in total. The van der Waals surface area contributed by atoms with Crippen molar-refractivity contribution in [2.75, 3.05) is 0 Å². The number of hydrogen-bond acceptors (Lipinski definition) is 0. The molecular formula is C40H32. The topological polar surface area (TPSA) is 0 Å². The highest BCUT2D eigenvalue weighted by Gasteiger charge is 2.20. The molecule has 40 heavy (non-hydrogen) atoms. The first kappa shape index (κ1) is 24.4. The van der Waals surface area contributed by atoms with Gasteiger partial charge in [0, 0.05) is 0 Å². The predicted molar refractivity (Wildman–Crippen MR) is 174 cm³/mol. The Kier molecular flexibility index (Phi) is 5.79. The van der Waals surface area contributed by atoms with E-state index < -0.39 is 0 Å². The van der Waals surface area contributed by atoms with Gasteiger partial charge in [-0.25, -0.2) is 0 Å². The van der Waals surface area contributed by atoms with E-state index in [0.717, 1.165) is 0 Å². The molecule has 0 bridgehead atoms. The molecule has 7 rings (SSSR count). The standard InChI is InChI=1S/C40H32/c1-25-18-26(2)20-32(19-25)39-33-16-10-11-17-34(33)40(37-22-28(4)27(3)21-36(37)39)38-24-31-15-9-8-14-30(31)23-35(38)29-12-6-5-7-13-29/h5-24H,1-4H3. The molecule has 7 aromatic rings. The Morgan fingerprint density at radius 3 is 1.48 bits per heavy atom. The van der Waals surface area contributed by atoms with E-state index in [1.807, 2.05) is 0 Å². The van der Waals surface area contributed by atoms with E-state index in [1.165, 1.54) is 88.0 Å². The van der Waals surface area contributed by atoms with Gasteiger partial charge < -0.3 is 0 Å². The van der Waals surface area contributed by atoms with Crippen LogP contribution in [-0.4, -0.2) is 0 Å². The van der Waals surface area contributed by atoms with Crippen molar-refractivity contribution in [1.29, 1.82) is 0 Å². The van der Waals surface area contributed by atoms with E-state index in [2.05, 4.69) is 149 Å². The predicted octanol–water partition coefficient (Wildman–Crippen LogP) is 11.4. The third-order valence-corrected chi connectivity index (χ3v) is 8.39. The quantitative estimate of drug-likeness (QED) is 0.207. The van der Waals surface area contributed by atoms with Gasteiger partial charge in [0.25, 0.3) is 0 Å². The normalized spacial score (nSPS) is 11.5. The molecular weight excluding hydrogens is 480 g/mol. The van der Waals surface area contributed by atoms with Crippen molar-refractivity contribution in [3.05, 3.63) is 144 Å². The van der Waals surface area contributed by atoms with Gasteiger partial charge in [-0.3, -0.25) is 0 Å². The van der Waals surface area contributed by atoms with E-state index in [4.69, 9.17) is 0 Å². The lowest BCUT2D eigenvalue weighted by atomic mass is 9.81. The van der Waals surface area contributed by atoms with Crippen LogP contribution in [0, 0.1) is 27.7 Å². The minimum atomic E-state index is 1.24. The number of aryl methyl sites for hydroxylation is 4. The summed E-state index contributed by atoms with van der Waals surface area (Å²) in [6.45, 7) is 8.88. The summed E-state index contributed by atoms with van der Waals surface area (Å²) in [6, 6.07) is 45.1. The molecule has 0 unspecified atom stereocenters. The molecule has 0 atom stereocenters. The molecule has 0 aromatic heterocycles. The molecule has 0 heteroatoms. The van der Waals surface area contributed by atoms with Crippen LogP contribution in [-0.2, 0) is 0 Å². The number of rotatable bonds is 3. The Labute approximate surface area is 236 Å². The first-order chi connectivity index (χ1) is 19.5. The molecule has 0 radical (unpaired) electrons. The Bertz CT molecular complexity index is 2060. The maximum atomic E-state index is 2.42. The fraction of sp³-hybridized carbons (Fsp3) is 0.100. The minimum Gasteiger partial charge on any atom is -0.0622 e. The number of benzene rings is 7. The van der Waals surface area contributed by atoms with Crippen LogP contribution in [0.25, 0.3) is 65.7 Å². The van der Waals surface area contributed by atoms with Crippen LogP contribution in [0.15, 0.2) is 121 Å². The second-order valence-electron chi connectivity index (χ2n) is 11.3. The fourth-order valence-electron chi connectivity index (χ4n) is 6.46. The first-order valence-electron chi connectivity index (χ1n) is 14.1. The van der Waals surface area contributed by atoms with E-state index >= 15 is 0 Å². The monoisotopic (exact) mass is 512 g/mol. The second kappa shape index (κ2) is 9.50. The molecule has 0 aliphatic heterocycles. The van der Waals surface area contributed by atoms with Gasteiger partial charge in [0.05, 0.1) is 0 Å². The molecule has 0 saturated carbocycles. The summed E-state index contributed by atoms with van der Waals surface area (Å²) in [5.41, 5.74) is 12.9. The van der Waals surface area contributed by atoms with Crippen molar-refractivity contribution in [1.82, 2.24) is 0 Å². The number of fused-ring (bicyclic) bond motifs is 3. The van der Waals surface area contributed by atoms with Crippen LogP contribution in [0.4, 0.5) is 0 Å². The molecule has 0 fully saturated rings. The Balaban J connectivity index is 1.70. The zero-order chi connectivity index (χ0) is 27.4. The third-order valence-electron chi connectivity index (χ3n) is 8.39. The van der Waals surface area contributed by atoms with Gasteiger partial charge in [0.1, 0.15) is 0 Å². The van der Waals surface area contributed by atoms with Crippen LogP contribution >= 0.6 is 0 Å². The van der Waals surface area contributed by atoms with Gasteiger partial charge in [-0.1, -0.05) is 120 Å². The maximum Gasteiger partial charge on any atom is -0.00198 e. The van der Waals surface area contributed by atoms with Gasteiger partial charge in [-0.05, 0) is 117 Å². The van der Waals surface area contributed by atoms with Gasteiger partial charge in [0.15, 0.2) is 0 Å². The molecule has 0 aliphatic rings. The molecule has 0 nitrogen and oxygen atoms in total. The highest BCUT2D eigenvalue weighted by molar-refractivity contribution is 6.23. The van der Waals surface area contributed by atoms with Crippen molar-refractivity contribution in [3.63, 3.8) is 0 Å². The molecule has 192 valence electrons. The van der Waals surface area contributed by atoms with Gasteiger partial charge >= 0.3 is 0 Å². The zero-order valence-electron chi connectivity index (χ0n) is 23.5. The van der Waals surface area contributed by atoms with E-state index in [0.29, 0.717) is 0 Å². The van der Waals surface area contributed by atoms with E-state index in [9.17, 15) is 0 Å². The van der Waals surface area contributed by atoms with Crippen LogP contribution in [0.3, 0.4) is 0 Å². The number of hydrogen-bond donors (Lipinski definition) is 0. The average Bonchev–Trinajstić information content (AvgIpc) is 2.96. The lowest BCUT2D eigenvalue weighted by molar-refractivity contribution is 1.36. The van der Waals surface area contributed by atoms with Crippen molar-refractivity contribution in [2.24, 2.45) is 0 Å². The molecule has 0 amide bonds.